The van der Waals surface area contributed by atoms with Crippen LogP contribution in [0.25, 0.3) is 11.0 Å². The zero-order valence-electron chi connectivity index (χ0n) is 11.6. The van der Waals surface area contributed by atoms with Crippen LogP contribution in [0.5, 0.6) is 0 Å². The Labute approximate surface area is 121 Å². The summed E-state index contributed by atoms with van der Waals surface area (Å²) < 4.78 is 29.5. The van der Waals surface area contributed by atoms with Gasteiger partial charge in [-0.25, -0.2) is 13.8 Å². The highest BCUT2D eigenvalue weighted by Crippen LogP contribution is 2.45. The maximum absolute atomic E-state index is 14.2. The van der Waals surface area contributed by atoms with Crippen LogP contribution in [0.2, 0.25) is 0 Å². The Kier molecular flexibility index (Phi) is 3.24. The predicted octanol–water partition coefficient (Wildman–Crippen LogP) is 4.80. The molecule has 1 aromatic heterocycles. The molecule has 0 bridgehead atoms. The van der Waals surface area contributed by atoms with Crippen molar-refractivity contribution >= 4 is 22.6 Å². The van der Waals surface area contributed by atoms with Crippen molar-refractivity contribution in [2.24, 2.45) is 5.41 Å². The number of rotatable bonds is 2. The molecule has 1 aromatic carbocycles. The normalized spacial score (nSPS) is 21.8. The molecule has 1 fully saturated rings. The van der Waals surface area contributed by atoms with Crippen LogP contribution in [-0.2, 0) is 5.88 Å². The van der Waals surface area contributed by atoms with Gasteiger partial charge in [0.2, 0.25) is 0 Å². The average Bonchev–Trinajstić information content (AvgIpc) is 2.94. The van der Waals surface area contributed by atoms with E-state index >= 15 is 0 Å². The fourth-order valence-electron chi connectivity index (χ4n) is 3.28. The Bertz CT molecular complexity index is 663. The van der Waals surface area contributed by atoms with E-state index in [4.69, 9.17) is 11.6 Å². The molecule has 0 amide bonds. The Morgan fingerprint density at radius 2 is 2.15 bits per heavy atom. The summed E-state index contributed by atoms with van der Waals surface area (Å²) in [4.78, 5) is 4.35. The van der Waals surface area contributed by atoms with Gasteiger partial charge in [0.25, 0.3) is 0 Å². The molecule has 3 rings (SSSR count). The van der Waals surface area contributed by atoms with Gasteiger partial charge in [0, 0.05) is 6.04 Å². The van der Waals surface area contributed by atoms with Gasteiger partial charge in [-0.05, 0) is 36.8 Å². The van der Waals surface area contributed by atoms with Crippen LogP contribution >= 0.6 is 11.6 Å². The number of hydrogen-bond donors (Lipinski definition) is 0. The number of imidazole rings is 1. The standard InChI is InChI=1S/C15H17ClF2N2/c1-15(2)6-5-9(7-15)20-12(8-16)19-11-4-3-10(17)13(18)14(11)20/h3-4,9H,5-8H2,1-2H3. The molecule has 1 atom stereocenters. The van der Waals surface area contributed by atoms with Crippen molar-refractivity contribution in [1.82, 2.24) is 9.55 Å². The second kappa shape index (κ2) is 4.69. The van der Waals surface area contributed by atoms with Crippen LogP contribution < -0.4 is 0 Å². The largest absolute Gasteiger partial charge is 0.321 e. The van der Waals surface area contributed by atoms with Gasteiger partial charge in [-0.1, -0.05) is 13.8 Å². The quantitative estimate of drug-likeness (QED) is 0.728. The first-order valence-corrected chi connectivity index (χ1v) is 7.37. The van der Waals surface area contributed by atoms with Crippen molar-refractivity contribution in [3.8, 4) is 0 Å². The van der Waals surface area contributed by atoms with E-state index in [9.17, 15) is 8.78 Å². The Hall–Kier alpha value is -1.16. The van der Waals surface area contributed by atoms with Crippen molar-refractivity contribution in [1.29, 1.82) is 0 Å². The molecule has 0 saturated heterocycles. The summed E-state index contributed by atoms with van der Waals surface area (Å²) >= 11 is 5.95. The number of halogens is 3. The second-order valence-corrected chi connectivity index (χ2v) is 6.59. The Balaban J connectivity index is 2.20. The number of aromatic nitrogens is 2. The number of benzene rings is 1. The van der Waals surface area contributed by atoms with E-state index in [1.165, 1.54) is 6.07 Å². The minimum atomic E-state index is -0.836. The lowest BCUT2D eigenvalue weighted by atomic mass is 9.92. The number of hydrogen-bond acceptors (Lipinski definition) is 1. The summed E-state index contributed by atoms with van der Waals surface area (Å²) in [7, 11) is 0. The van der Waals surface area contributed by atoms with Gasteiger partial charge in [0.05, 0.1) is 11.4 Å². The Morgan fingerprint density at radius 1 is 1.40 bits per heavy atom. The molecule has 0 radical (unpaired) electrons. The molecule has 1 aliphatic carbocycles. The molecule has 0 N–H and O–H groups in total. The van der Waals surface area contributed by atoms with Gasteiger partial charge in [0.15, 0.2) is 11.6 Å². The summed E-state index contributed by atoms with van der Waals surface area (Å²) in [5, 5.41) is 0. The number of nitrogens with zero attached hydrogens (tertiary/aromatic N) is 2. The minimum absolute atomic E-state index is 0.139. The highest BCUT2D eigenvalue weighted by atomic mass is 35.5. The summed E-state index contributed by atoms with van der Waals surface area (Å²) in [5.74, 6) is -0.839. The van der Waals surface area contributed by atoms with Crippen molar-refractivity contribution in [2.45, 2.75) is 45.0 Å². The minimum Gasteiger partial charge on any atom is -0.321 e. The van der Waals surface area contributed by atoms with Crippen LogP contribution in [-0.4, -0.2) is 9.55 Å². The van der Waals surface area contributed by atoms with Gasteiger partial charge < -0.3 is 4.57 Å². The smallest absolute Gasteiger partial charge is 0.184 e. The van der Waals surface area contributed by atoms with E-state index in [1.807, 2.05) is 4.57 Å². The van der Waals surface area contributed by atoms with Crippen molar-refractivity contribution < 1.29 is 8.78 Å². The van der Waals surface area contributed by atoms with Gasteiger partial charge in [-0.2, -0.15) is 0 Å². The van der Waals surface area contributed by atoms with Gasteiger partial charge in [-0.15, -0.1) is 11.6 Å². The summed E-state index contributed by atoms with van der Waals surface area (Å²) in [5.41, 5.74) is 0.946. The van der Waals surface area contributed by atoms with Gasteiger partial charge in [0.1, 0.15) is 11.3 Å². The van der Waals surface area contributed by atoms with Gasteiger partial charge in [-0.3, -0.25) is 0 Å². The zero-order valence-corrected chi connectivity index (χ0v) is 12.3. The van der Waals surface area contributed by atoms with E-state index in [0.29, 0.717) is 11.3 Å². The third kappa shape index (κ3) is 2.10. The average molecular weight is 299 g/mol. The highest BCUT2D eigenvalue weighted by Gasteiger charge is 2.34. The molecular weight excluding hydrogens is 282 g/mol. The van der Waals surface area contributed by atoms with Gasteiger partial charge >= 0.3 is 0 Å². The number of alkyl halides is 1. The third-order valence-corrected chi connectivity index (χ3v) is 4.48. The molecule has 1 unspecified atom stereocenters. The molecular formula is C15H17ClF2N2. The molecule has 1 saturated carbocycles. The van der Waals surface area contributed by atoms with Crippen molar-refractivity contribution in [3.63, 3.8) is 0 Å². The first-order chi connectivity index (χ1) is 9.43. The molecule has 1 aliphatic rings. The molecule has 5 heteroatoms. The fraction of sp³-hybridized carbons (Fsp3) is 0.533. The maximum atomic E-state index is 14.2. The first kappa shape index (κ1) is 13.8. The maximum Gasteiger partial charge on any atom is 0.184 e. The Morgan fingerprint density at radius 3 is 2.75 bits per heavy atom. The van der Waals surface area contributed by atoms with Crippen molar-refractivity contribution in [3.05, 3.63) is 29.6 Å². The van der Waals surface area contributed by atoms with Crippen molar-refractivity contribution in [2.75, 3.05) is 0 Å². The summed E-state index contributed by atoms with van der Waals surface area (Å²) in [6, 6.07) is 2.77. The van der Waals surface area contributed by atoms with Crippen LogP contribution in [0.15, 0.2) is 12.1 Å². The molecule has 2 aromatic rings. The predicted molar refractivity (Wildman–Crippen MR) is 75.9 cm³/mol. The SMILES string of the molecule is CC1(C)CCC(n2c(CCl)nc3ccc(F)c(F)c32)C1. The van der Waals surface area contributed by atoms with Crippen LogP contribution in [0, 0.1) is 17.0 Å². The van der Waals surface area contributed by atoms with Crippen LogP contribution in [0.4, 0.5) is 8.78 Å². The summed E-state index contributed by atoms with van der Waals surface area (Å²) in [6.07, 6.45) is 2.94. The lowest BCUT2D eigenvalue weighted by molar-refractivity contribution is 0.358. The van der Waals surface area contributed by atoms with Crippen LogP contribution in [0.3, 0.4) is 0 Å². The topological polar surface area (TPSA) is 17.8 Å². The number of fused-ring (bicyclic) bond motifs is 1. The molecule has 0 spiro atoms. The summed E-state index contributed by atoms with van der Waals surface area (Å²) in [6.45, 7) is 4.40. The van der Waals surface area contributed by atoms with Crippen LogP contribution in [0.1, 0.15) is 45.0 Å². The monoisotopic (exact) mass is 298 g/mol. The molecule has 20 heavy (non-hydrogen) atoms. The van der Waals surface area contributed by atoms with E-state index in [1.54, 1.807) is 0 Å². The lowest BCUT2D eigenvalue weighted by Crippen LogP contribution is -2.12. The highest BCUT2D eigenvalue weighted by molar-refractivity contribution is 6.16. The van der Waals surface area contributed by atoms with E-state index in [0.717, 1.165) is 25.3 Å². The van der Waals surface area contributed by atoms with E-state index < -0.39 is 11.6 Å². The molecule has 1 heterocycles. The molecule has 2 nitrogen and oxygen atoms in total. The van der Waals surface area contributed by atoms with E-state index in [2.05, 4.69) is 18.8 Å². The zero-order chi connectivity index (χ0) is 14.5. The fourth-order valence-corrected chi connectivity index (χ4v) is 3.47. The molecule has 0 aliphatic heterocycles. The first-order valence-electron chi connectivity index (χ1n) is 6.84. The third-order valence-electron chi connectivity index (χ3n) is 4.24. The second-order valence-electron chi connectivity index (χ2n) is 6.32. The van der Waals surface area contributed by atoms with E-state index in [-0.39, 0.29) is 22.9 Å². The molecule has 108 valence electrons. The lowest BCUT2D eigenvalue weighted by Gasteiger charge is -2.20.